The van der Waals surface area contributed by atoms with E-state index in [1.165, 1.54) is 50.5 Å². The Morgan fingerprint density at radius 2 is 1.81 bits per heavy atom. The Hall–Kier alpha value is -2.17. The maximum Gasteiger partial charge on any atom is 0.335 e. The number of nitrogens with zero attached hydrogens (tertiary/aromatic N) is 1. The van der Waals surface area contributed by atoms with Gasteiger partial charge in [-0.3, -0.25) is 4.90 Å². The zero-order valence-corrected chi connectivity index (χ0v) is 18.4. The average molecular weight is 419 g/mol. The number of hydrogen-bond donors (Lipinski definition) is 2. The summed E-state index contributed by atoms with van der Waals surface area (Å²) in [5.41, 5.74) is 5.19. The Kier molecular flexibility index (Phi) is 5.85. The molecule has 164 valence electrons. The molecule has 0 bridgehead atoms. The van der Waals surface area contributed by atoms with Gasteiger partial charge in [0.25, 0.3) is 0 Å². The van der Waals surface area contributed by atoms with Crippen molar-refractivity contribution in [3.63, 3.8) is 0 Å². The molecule has 2 unspecified atom stereocenters. The lowest BCUT2D eigenvalue weighted by molar-refractivity contribution is 0.0697. The lowest BCUT2D eigenvalue weighted by Gasteiger charge is -2.54. The van der Waals surface area contributed by atoms with Crippen molar-refractivity contribution in [3.05, 3.63) is 70.8 Å². The number of aryl methyl sites for hydroxylation is 1. The second kappa shape index (κ2) is 8.76. The zero-order valence-electron chi connectivity index (χ0n) is 18.4. The van der Waals surface area contributed by atoms with Gasteiger partial charge in [0.05, 0.1) is 5.56 Å². The van der Waals surface area contributed by atoms with Crippen LogP contribution in [0.25, 0.3) is 0 Å². The fourth-order valence-corrected chi connectivity index (χ4v) is 6.18. The molecule has 3 aliphatic rings. The van der Waals surface area contributed by atoms with Crippen molar-refractivity contribution in [1.29, 1.82) is 0 Å². The highest BCUT2D eigenvalue weighted by Crippen LogP contribution is 2.51. The van der Waals surface area contributed by atoms with Crippen LogP contribution in [0.5, 0.6) is 0 Å². The Bertz CT molecular complexity index is 917. The Balaban J connectivity index is 1.11. The molecule has 2 atom stereocenters. The van der Waals surface area contributed by atoms with Crippen LogP contribution in [0.1, 0.15) is 65.6 Å². The molecule has 1 spiro atoms. The van der Waals surface area contributed by atoms with Crippen LogP contribution in [0.4, 0.5) is 0 Å². The summed E-state index contributed by atoms with van der Waals surface area (Å²) >= 11 is 0. The number of hydrogen-bond acceptors (Lipinski definition) is 3. The van der Waals surface area contributed by atoms with Crippen LogP contribution in [0.2, 0.25) is 0 Å². The number of benzene rings is 2. The monoisotopic (exact) mass is 418 g/mol. The molecule has 2 fully saturated rings. The van der Waals surface area contributed by atoms with Crippen molar-refractivity contribution in [2.24, 2.45) is 5.92 Å². The lowest BCUT2D eigenvalue weighted by Crippen LogP contribution is -2.58. The van der Waals surface area contributed by atoms with Crippen molar-refractivity contribution in [2.45, 2.75) is 62.9 Å². The van der Waals surface area contributed by atoms with E-state index in [0.717, 1.165) is 32.1 Å². The molecule has 0 amide bonds. The van der Waals surface area contributed by atoms with Crippen LogP contribution < -0.4 is 5.32 Å². The van der Waals surface area contributed by atoms with Gasteiger partial charge < -0.3 is 10.4 Å². The number of carbonyl (C=O) groups is 1. The van der Waals surface area contributed by atoms with Crippen molar-refractivity contribution < 1.29 is 9.90 Å². The van der Waals surface area contributed by atoms with E-state index in [2.05, 4.69) is 34.5 Å². The van der Waals surface area contributed by atoms with E-state index in [0.29, 0.717) is 17.0 Å². The summed E-state index contributed by atoms with van der Waals surface area (Å²) in [4.78, 5) is 13.5. The molecule has 1 aliphatic heterocycles. The predicted octanol–water partition coefficient (Wildman–Crippen LogP) is 4.62. The molecule has 2 N–H and O–H groups in total. The number of piperidine rings is 1. The quantitative estimate of drug-likeness (QED) is 0.719. The van der Waals surface area contributed by atoms with Gasteiger partial charge in [-0.25, -0.2) is 4.79 Å². The minimum atomic E-state index is -0.857. The normalized spacial score (nSPS) is 26.4. The van der Waals surface area contributed by atoms with E-state index in [1.54, 1.807) is 23.3 Å². The summed E-state index contributed by atoms with van der Waals surface area (Å²) in [6.45, 7) is 4.33. The highest BCUT2D eigenvalue weighted by molar-refractivity contribution is 5.87. The first-order valence-electron chi connectivity index (χ1n) is 12.0. The largest absolute Gasteiger partial charge is 0.478 e. The molecule has 0 radical (unpaired) electrons. The van der Waals surface area contributed by atoms with Crippen LogP contribution in [0, 0.1) is 5.92 Å². The van der Waals surface area contributed by atoms with Crippen LogP contribution in [0.3, 0.4) is 0 Å². The fourth-order valence-electron chi connectivity index (χ4n) is 6.18. The van der Waals surface area contributed by atoms with Gasteiger partial charge >= 0.3 is 5.97 Å². The standard InChI is InChI=1S/C27H34N2O2/c30-26(31)23-9-7-21(8-10-23)19-29-16-12-20(13-17-29)18-28-25-11-15-27(25)14-3-5-22-4-1-2-6-24(22)27/h1-2,4,6-10,20,25,28H,3,5,11-19H2,(H,30,31). The Morgan fingerprint density at radius 1 is 1.03 bits per heavy atom. The van der Waals surface area contributed by atoms with Gasteiger partial charge in [0.15, 0.2) is 0 Å². The van der Waals surface area contributed by atoms with E-state index < -0.39 is 5.97 Å². The van der Waals surface area contributed by atoms with Crippen molar-refractivity contribution in [1.82, 2.24) is 10.2 Å². The summed E-state index contributed by atoms with van der Waals surface area (Å²) < 4.78 is 0. The number of aromatic carboxylic acids is 1. The van der Waals surface area contributed by atoms with Crippen LogP contribution in [0.15, 0.2) is 48.5 Å². The molecule has 4 heteroatoms. The lowest BCUT2D eigenvalue weighted by atomic mass is 9.55. The minimum absolute atomic E-state index is 0.364. The van der Waals surface area contributed by atoms with Gasteiger partial charge in [0.1, 0.15) is 0 Å². The predicted molar refractivity (Wildman–Crippen MR) is 123 cm³/mol. The third kappa shape index (κ3) is 4.16. The van der Waals surface area contributed by atoms with Crippen molar-refractivity contribution in [2.75, 3.05) is 19.6 Å². The number of fused-ring (bicyclic) bond motifs is 2. The summed E-state index contributed by atoms with van der Waals surface area (Å²) in [5.74, 6) is -0.0908. The zero-order chi connectivity index (χ0) is 21.3. The number of rotatable bonds is 6. The van der Waals surface area contributed by atoms with Gasteiger partial charge in [-0.2, -0.15) is 0 Å². The van der Waals surface area contributed by atoms with E-state index in [1.807, 2.05) is 12.1 Å². The first-order valence-corrected chi connectivity index (χ1v) is 12.0. The van der Waals surface area contributed by atoms with E-state index >= 15 is 0 Å². The van der Waals surface area contributed by atoms with E-state index in [-0.39, 0.29) is 0 Å². The van der Waals surface area contributed by atoms with Gasteiger partial charge in [0.2, 0.25) is 0 Å². The highest BCUT2D eigenvalue weighted by Gasteiger charge is 2.49. The molecule has 0 aromatic heterocycles. The number of nitrogens with one attached hydrogen (secondary N) is 1. The second-order valence-corrected chi connectivity index (χ2v) is 9.89. The highest BCUT2D eigenvalue weighted by atomic mass is 16.4. The molecule has 1 heterocycles. The van der Waals surface area contributed by atoms with Crippen molar-refractivity contribution >= 4 is 5.97 Å². The number of carboxylic acid groups (broad SMARTS) is 1. The third-order valence-corrected chi connectivity index (χ3v) is 8.14. The van der Waals surface area contributed by atoms with Crippen LogP contribution in [-0.2, 0) is 18.4 Å². The summed E-state index contributed by atoms with van der Waals surface area (Å²) in [5, 5.41) is 13.0. The molecule has 31 heavy (non-hydrogen) atoms. The van der Waals surface area contributed by atoms with Crippen molar-refractivity contribution in [3.8, 4) is 0 Å². The SMILES string of the molecule is O=C(O)c1ccc(CN2CCC(CNC3CCC34CCCc3ccccc34)CC2)cc1. The third-order valence-electron chi connectivity index (χ3n) is 8.14. The first-order chi connectivity index (χ1) is 15.1. The minimum Gasteiger partial charge on any atom is -0.478 e. The average Bonchev–Trinajstić information content (AvgIpc) is 2.79. The molecule has 1 saturated carbocycles. The summed E-state index contributed by atoms with van der Waals surface area (Å²) in [6, 6.07) is 17.2. The molecule has 1 saturated heterocycles. The first kappa shape index (κ1) is 20.7. The molecule has 2 aliphatic carbocycles. The van der Waals surface area contributed by atoms with Gasteiger partial charge in [-0.05, 0) is 99.3 Å². The number of likely N-dealkylation sites (tertiary alicyclic amines) is 1. The molecular formula is C27H34N2O2. The topological polar surface area (TPSA) is 52.6 Å². The maximum atomic E-state index is 11.0. The van der Waals surface area contributed by atoms with Gasteiger partial charge in [-0.1, -0.05) is 36.4 Å². The van der Waals surface area contributed by atoms with Gasteiger partial charge in [-0.15, -0.1) is 0 Å². The molecular weight excluding hydrogens is 384 g/mol. The van der Waals surface area contributed by atoms with Crippen LogP contribution in [-0.4, -0.2) is 41.7 Å². The smallest absolute Gasteiger partial charge is 0.335 e. The molecule has 2 aromatic carbocycles. The molecule has 2 aromatic rings. The van der Waals surface area contributed by atoms with Crippen LogP contribution >= 0.6 is 0 Å². The molecule has 4 nitrogen and oxygen atoms in total. The van der Waals surface area contributed by atoms with E-state index in [9.17, 15) is 4.79 Å². The Labute approximate surface area is 185 Å². The second-order valence-electron chi connectivity index (χ2n) is 9.89. The number of carboxylic acids is 1. The maximum absolute atomic E-state index is 11.0. The summed E-state index contributed by atoms with van der Waals surface area (Å²) in [7, 11) is 0. The summed E-state index contributed by atoms with van der Waals surface area (Å²) in [6.07, 6.45) is 9.09. The Morgan fingerprint density at radius 3 is 2.52 bits per heavy atom. The molecule has 5 rings (SSSR count). The van der Waals surface area contributed by atoms with Gasteiger partial charge in [0, 0.05) is 18.0 Å². The van der Waals surface area contributed by atoms with E-state index in [4.69, 9.17) is 5.11 Å². The fraction of sp³-hybridized carbons (Fsp3) is 0.519.